The molecule has 0 N–H and O–H groups in total. The number of rotatable bonds is 5. The van der Waals surface area contributed by atoms with Crippen molar-refractivity contribution in [2.24, 2.45) is 0 Å². The molecule has 0 fully saturated rings. The van der Waals surface area contributed by atoms with Gasteiger partial charge in [0.25, 0.3) is 11.8 Å². The van der Waals surface area contributed by atoms with Crippen molar-refractivity contribution in [1.29, 1.82) is 0 Å². The smallest absolute Gasteiger partial charge is 0.374 e. The van der Waals surface area contributed by atoms with Gasteiger partial charge in [0.05, 0.1) is 17.7 Å². The summed E-state index contributed by atoms with van der Waals surface area (Å²) in [5, 5.41) is 0. The molecule has 28 heavy (non-hydrogen) atoms. The van der Waals surface area contributed by atoms with Crippen LogP contribution in [0.25, 0.3) is 11.3 Å². The van der Waals surface area contributed by atoms with E-state index in [1.807, 2.05) is 0 Å². The fourth-order valence-electron chi connectivity index (χ4n) is 2.96. The third-order valence-electron chi connectivity index (χ3n) is 4.36. The Bertz CT molecular complexity index is 1040. The van der Waals surface area contributed by atoms with Crippen LogP contribution in [-0.2, 0) is 4.74 Å². The molecule has 3 aromatic rings. The topological polar surface area (TPSA) is 76.8 Å². The molecule has 1 aromatic heterocycles. The maximum atomic E-state index is 13.0. The van der Waals surface area contributed by atoms with Crippen molar-refractivity contribution in [3.8, 4) is 11.3 Å². The Labute approximate surface area is 159 Å². The fourth-order valence-corrected chi connectivity index (χ4v) is 2.96. The third kappa shape index (κ3) is 3.18. The minimum Gasteiger partial charge on any atom is -0.458 e. The molecule has 2 heterocycles. The number of carbonyl (C=O) groups excluding carboxylic acids is 3. The van der Waals surface area contributed by atoms with E-state index in [-0.39, 0.29) is 24.7 Å². The number of hydrogen-bond donors (Lipinski definition) is 0. The lowest BCUT2D eigenvalue weighted by Gasteiger charge is -2.13. The van der Waals surface area contributed by atoms with Crippen molar-refractivity contribution in [1.82, 2.24) is 4.90 Å². The summed E-state index contributed by atoms with van der Waals surface area (Å²) in [6, 6.07) is 15.2. The predicted octanol–water partition coefficient (Wildman–Crippen LogP) is 3.54. The number of fused-ring (bicyclic) bond motifs is 1. The molecule has 2 aromatic carbocycles. The Morgan fingerprint density at radius 3 is 2.21 bits per heavy atom. The van der Waals surface area contributed by atoms with Crippen LogP contribution in [0.4, 0.5) is 4.39 Å². The van der Waals surface area contributed by atoms with E-state index in [0.29, 0.717) is 22.5 Å². The molecular formula is C21H14FNO5. The summed E-state index contributed by atoms with van der Waals surface area (Å²) in [5.74, 6) is -1.54. The molecule has 0 saturated heterocycles. The molecule has 0 saturated carbocycles. The van der Waals surface area contributed by atoms with Gasteiger partial charge in [-0.05, 0) is 48.5 Å². The summed E-state index contributed by atoms with van der Waals surface area (Å²) < 4.78 is 23.5. The average molecular weight is 379 g/mol. The molecule has 1 aliphatic rings. The van der Waals surface area contributed by atoms with Gasteiger partial charge in [-0.15, -0.1) is 0 Å². The number of hydrogen-bond acceptors (Lipinski definition) is 5. The fraction of sp³-hybridized carbons (Fsp3) is 0.0952. The Hall–Kier alpha value is -3.74. The van der Waals surface area contributed by atoms with Crippen LogP contribution in [0.5, 0.6) is 0 Å². The van der Waals surface area contributed by atoms with Crippen LogP contribution in [0.1, 0.15) is 31.3 Å². The van der Waals surface area contributed by atoms with E-state index in [0.717, 1.165) is 4.90 Å². The highest BCUT2D eigenvalue weighted by molar-refractivity contribution is 6.21. The zero-order valence-corrected chi connectivity index (χ0v) is 14.6. The number of imide groups is 1. The van der Waals surface area contributed by atoms with Crippen molar-refractivity contribution in [3.63, 3.8) is 0 Å². The summed E-state index contributed by atoms with van der Waals surface area (Å²) in [5.41, 5.74) is 1.30. The summed E-state index contributed by atoms with van der Waals surface area (Å²) in [4.78, 5) is 37.7. The van der Waals surface area contributed by atoms with Gasteiger partial charge in [-0.1, -0.05) is 12.1 Å². The number of esters is 1. The van der Waals surface area contributed by atoms with Gasteiger partial charge in [0.1, 0.15) is 18.2 Å². The van der Waals surface area contributed by atoms with Crippen LogP contribution >= 0.6 is 0 Å². The highest BCUT2D eigenvalue weighted by Gasteiger charge is 2.34. The molecule has 0 aliphatic carbocycles. The van der Waals surface area contributed by atoms with E-state index in [1.54, 1.807) is 30.3 Å². The Morgan fingerprint density at radius 2 is 1.57 bits per heavy atom. The predicted molar refractivity (Wildman–Crippen MR) is 96.2 cm³/mol. The minimum absolute atomic E-state index is 0.0262. The number of carbonyl (C=O) groups is 3. The van der Waals surface area contributed by atoms with Crippen LogP contribution in [-0.4, -0.2) is 35.8 Å². The first-order valence-electron chi connectivity index (χ1n) is 8.53. The zero-order valence-electron chi connectivity index (χ0n) is 14.6. The Kier molecular flexibility index (Phi) is 4.49. The molecule has 6 nitrogen and oxygen atoms in total. The van der Waals surface area contributed by atoms with Gasteiger partial charge in [0, 0.05) is 5.56 Å². The second-order valence-corrected chi connectivity index (χ2v) is 6.11. The largest absolute Gasteiger partial charge is 0.458 e. The van der Waals surface area contributed by atoms with Gasteiger partial charge in [-0.3, -0.25) is 14.5 Å². The van der Waals surface area contributed by atoms with E-state index in [4.69, 9.17) is 9.15 Å². The highest BCUT2D eigenvalue weighted by Crippen LogP contribution is 2.24. The number of amides is 2. The van der Waals surface area contributed by atoms with Gasteiger partial charge in [0.15, 0.2) is 0 Å². The van der Waals surface area contributed by atoms with Crippen LogP contribution in [0, 0.1) is 5.82 Å². The van der Waals surface area contributed by atoms with Gasteiger partial charge >= 0.3 is 5.97 Å². The third-order valence-corrected chi connectivity index (χ3v) is 4.36. The van der Waals surface area contributed by atoms with E-state index in [9.17, 15) is 18.8 Å². The quantitative estimate of drug-likeness (QED) is 0.501. The summed E-state index contributed by atoms with van der Waals surface area (Å²) in [6.07, 6.45) is 0. The molecule has 7 heteroatoms. The van der Waals surface area contributed by atoms with Crippen molar-refractivity contribution in [2.75, 3.05) is 13.2 Å². The molecule has 4 rings (SSSR count). The molecular weight excluding hydrogens is 365 g/mol. The van der Waals surface area contributed by atoms with Crippen LogP contribution in [0.15, 0.2) is 65.1 Å². The SMILES string of the molecule is O=C(OCCN1C(=O)c2ccccc2C1=O)c1ccc(-c2ccc(F)cc2)o1. The van der Waals surface area contributed by atoms with Crippen molar-refractivity contribution in [3.05, 3.63) is 83.4 Å². The molecule has 0 atom stereocenters. The first kappa shape index (κ1) is 17.7. The minimum atomic E-state index is -0.718. The lowest BCUT2D eigenvalue weighted by Crippen LogP contribution is -2.33. The Morgan fingerprint density at radius 1 is 0.929 bits per heavy atom. The van der Waals surface area contributed by atoms with E-state index < -0.39 is 17.8 Å². The molecule has 0 spiro atoms. The number of benzene rings is 2. The van der Waals surface area contributed by atoms with E-state index in [2.05, 4.69) is 0 Å². The number of furan rings is 1. The summed E-state index contributed by atoms with van der Waals surface area (Å²) >= 11 is 0. The highest BCUT2D eigenvalue weighted by atomic mass is 19.1. The van der Waals surface area contributed by atoms with Crippen LogP contribution in [0.3, 0.4) is 0 Å². The van der Waals surface area contributed by atoms with Crippen molar-refractivity contribution >= 4 is 17.8 Å². The molecule has 0 bridgehead atoms. The first-order chi connectivity index (χ1) is 13.5. The second-order valence-electron chi connectivity index (χ2n) is 6.11. The van der Waals surface area contributed by atoms with E-state index >= 15 is 0 Å². The summed E-state index contributed by atoms with van der Waals surface area (Å²) in [6.45, 7) is -0.208. The van der Waals surface area contributed by atoms with E-state index in [1.165, 1.54) is 30.3 Å². The first-order valence-corrected chi connectivity index (χ1v) is 8.53. The molecule has 2 amide bonds. The van der Waals surface area contributed by atoms with Crippen LogP contribution in [0.2, 0.25) is 0 Å². The van der Waals surface area contributed by atoms with Gasteiger partial charge in [-0.25, -0.2) is 9.18 Å². The maximum absolute atomic E-state index is 13.0. The lowest BCUT2D eigenvalue weighted by atomic mass is 10.1. The normalized spacial score (nSPS) is 13.0. The molecule has 140 valence electrons. The number of nitrogens with zero attached hydrogens (tertiary/aromatic N) is 1. The van der Waals surface area contributed by atoms with Gasteiger partial charge < -0.3 is 9.15 Å². The monoisotopic (exact) mass is 379 g/mol. The number of ether oxygens (including phenoxy) is 1. The van der Waals surface area contributed by atoms with Gasteiger partial charge in [-0.2, -0.15) is 0 Å². The second kappa shape index (κ2) is 7.11. The lowest BCUT2D eigenvalue weighted by molar-refractivity contribution is 0.0394. The molecule has 0 unspecified atom stereocenters. The standard InChI is InChI=1S/C21H14FNO5/c22-14-7-5-13(6-8-14)17-9-10-18(28-17)21(26)27-12-11-23-19(24)15-3-1-2-4-16(15)20(23)25/h1-10H,11-12H2. The van der Waals surface area contributed by atoms with Crippen molar-refractivity contribution < 1.29 is 27.9 Å². The Balaban J connectivity index is 1.36. The molecule has 1 aliphatic heterocycles. The average Bonchev–Trinajstić information content (AvgIpc) is 3.29. The van der Waals surface area contributed by atoms with Crippen LogP contribution < -0.4 is 0 Å². The van der Waals surface area contributed by atoms with Gasteiger partial charge in [0.2, 0.25) is 5.76 Å². The maximum Gasteiger partial charge on any atom is 0.374 e. The van der Waals surface area contributed by atoms with Crippen molar-refractivity contribution in [2.45, 2.75) is 0 Å². The molecule has 0 radical (unpaired) electrons. The number of halogens is 1. The summed E-state index contributed by atoms with van der Waals surface area (Å²) in [7, 11) is 0. The zero-order chi connectivity index (χ0) is 19.7.